The Morgan fingerprint density at radius 3 is 1.53 bits per heavy atom. The van der Waals surface area contributed by atoms with Gasteiger partial charge in [0.05, 0.1) is 5.56 Å². The van der Waals surface area contributed by atoms with Gasteiger partial charge in [-0.15, -0.1) is 0 Å². The van der Waals surface area contributed by atoms with Crippen molar-refractivity contribution < 1.29 is 0 Å². The van der Waals surface area contributed by atoms with Crippen LogP contribution in [0.15, 0.2) is 35.0 Å². The molecule has 1 aromatic carbocycles. The van der Waals surface area contributed by atoms with Crippen molar-refractivity contribution in [3.8, 4) is 11.4 Å². The first-order valence-electron chi connectivity index (χ1n) is 4.17. The lowest BCUT2D eigenvalue weighted by Gasteiger charge is -2.12. The van der Waals surface area contributed by atoms with Crippen LogP contribution in [-0.4, -0.2) is 15.0 Å². The van der Waals surface area contributed by atoms with Crippen molar-refractivity contribution in [3.05, 3.63) is 35.0 Å². The number of rotatable bonds is 1. The molecule has 0 aliphatic carbocycles. The van der Waals surface area contributed by atoms with Crippen molar-refractivity contribution in [2.45, 2.75) is 0 Å². The van der Waals surface area contributed by atoms with Gasteiger partial charge in [0.15, 0.2) is 5.82 Å². The van der Waals surface area contributed by atoms with E-state index in [1.807, 2.05) is 0 Å². The fourth-order valence-electron chi connectivity index (χ4n) is 1.17. The second kappa shape index (κ2) is 5.73. The van der Waals surface area contributed by atoms with E-state index in [0.717, 1.165) is 27.9 Å². The lowest BCUT2D eigenvalue weighted by Crippen LogP contribution is -1.93. The maximum absolute atomic E-state index is 4.14. The molecule has 3 nitrogen and oxygen atoms in total. The maximum atomic E-state index is 4.14. The predicted molar refractivity (Wildman–Crippen MR) is 83.8 cm³/mol. The number of hydrogen-bond acceptors (Lipinski definition) is 3. The Balaban J connectivity index is 2.80. The summed E-state index contributed by atoms with van der Waals surface area (Å²) < 4.78 is 4.43. The molecule has 8 heteroatoms. The van der Waals surface area contributed by atoms with Gasteiger partial charge >= 0.3 is 0 Å². The normalized spacial score (nSPS) is 10.6. The molecule has 0 aliphatic heterocycles. The second-order valence-electron chi connectivity index (χ2n) is 2.91. The van der Waals surface area contributed by atoms with Crippen LogP contribution in [0.5, 0.6) is 0 Å². The summed E-state index contributed by atoms with van der Waals surface area (Å²) in [5.41, 5.74) is 0.856. The molecule has 0 bridgehead atoms. The van der Waals surface area contributed by atoms with Gasteiger partial charge in [-0.3, -0.25) is 0 Å². The molecule has 0 unspecified atom stereocenters. The molecule has 2 rings (SSSR count). The summed E-state index contributed by atoms with van der Waals surface area (Å²) >= 11 is 17.5. The minimum absolute atomic E-state index is 0.590. The summed E-state index contributed by atoms with van der Waals surface area (Å²) in [6.07, 6.45) is 2.93. The Hall–Kier alpha value is 0.630. The highest BCUT2D eigenvalue weighted by Gasteiger charge is 2.20. The molecule has 0 radical (unpaired) electrons. The lowest BCUT2D eigenvalue weighted by molar-refractivity contribution is 1.05. The van der Waals surface area contributed by atoms with Crippen LogP contribution in [0.2, 0.25) is 0 Å². The zero-order valence-corrected chi connectivity index (χ0v) is 15.8. The number of hydrogen-bond donors (Lipinski definition) is 0. The number of nitrogens with zero attached hydrogens (tertiary/aromatic N) is 3. The van der Waals surface area contributed by atoms with E-state index in [1.54, 1.807) is 0 Å². The van der Waals surface area contributed by atoms with Crippen molar-refractivity contribution in [2.24, 2.45) is 0 Å². The Morgan fingerprint density at radius 2 is 1.06 bits per heavy atom. The molecule has 0 amide bonds. The van der Waals surface area contributed by atoms with Crippen molar-refractivity contribution in [1.82, 2.24) is 15.0 Å². The van der Waals surface area contributed by atoms with Crippen LogP contribution >= 0.6 is 79.6 Å². The van der Waals surface area contributed by atoms with Crippen LogP contribution < -0.4 is 0 Å². The topological polar surface area (TPSA) is 38.7 Å². The van der Waals surface area contributed by atoms with Crippen LogP contribution in [0.4, 0.5) is 0 Å². The van der Waals surface area contributed by atoms with E-state index >= 15 is 0 Å². The van der Waals surface area contributed by atoms with Crippen LogP contribution in [0.25, 0.3) is 11.4 Å². The first kappa shape index (κ1) is 14.0. The summed E-state index contributed by atoms with van der Waals surface area (Å²) in [6, 6.07) is 0. The lowest BCUT2D eigenvalue weighted by atomic mass is 10.2. The molecule has 0 saturated heterocycles. The number of aromatic nitrogens is 3. The fraction of sp³-hybridized carbons (Fsp3) is 0. The molecular weight excluding hydrogens is 550 g/mol. The van der Waals surface area contributed by atoms with E-state index in [2.05, 4.69) is 94.6 Å². The molecule has 2 aromatic rings. The minimum atomic E-state index is 0.590. The summed E-state index contributed by atoms with van der Waals surface area (Å²) in [6.45, 7) is 0. The summed E-state index contributed by atoms with van der Waals surface area (Å²) in [5.74, 6) is 0.590. The van der Waals surface area contributed by atoms with Gasteiger partial charge < -0.3 is 0 Å². The standard InChI is InChI=1S/C9H2Br5N3/c10-4-3(9-16-1-15-2-17-9)5(11)7(13)8(14)6(4)12/h1-2H. The van der Waals surface area contributed by atoms with Crippen LogP contribution in [0, 0.1) is 0 Å². The van der Waals surface area contributed by atoms with E-state index in [-0.39, 0.29) is 0 Å². The van der Waals surface area contributed by atoms with E-state index in [9.17, 15) is 0 Å². The van der Waals surface area contributed by atoms with Gasteiger partial charge in [-0.05, 0) is 79.6 Å². The quantitative estimate of drug-likeness (QED) is 0.354. The average Bonchev–Trinajstić information content (AvgIpc) is 2.36. The monoisotopic (exact) mass is 547 g/mol. The molecule has 0 atom stereocenters. The van der Waals surface area contributed by atoms with Crippen LogP contribution in [-0.2, 0) is 0 Å². The van der Waals surface area contributed by atoms with Crippen molar-refractivity contribution >= 4 is 79.6 Å². The molecule has 1 heterocycles. The first-order chi connectivity index (χ1) is 8.04. The highest BCUT2D eigenvalue weighted by Crippen LogP contribution is 2.47. The van der Waals surface area contributed by atoms with Gasteiger partial charge in [-0.1, -0.05) is 0 Å². The molecular formula is C9H2Br5N3. The van der Waals surface area contributed by atoms with Gasteiger partial charge in [-0.25, -0.2) is 15.0 Å². The summed E-state index contributed by atoms with van der Waals surface area (Å²) in [7, 11) is 0. The molecule has 1 aromatic heterocycles. The highest BCUT2D eigenvalue weighted by atomic mass is 79.9. The zero-order chi connectivity index (χ0) is 12.6. The van der Waals surface area contributed by atoms with E-state index in [4.69, 9.17) is 0 Å². The Bertz CT molecular complexity index is 544. The number of benzene rings is 1. The van der Waals surface area contributed by atoms with E-state index < -0.39 is 0 Å². The Morgan fingerprint density at radius 1 is 0.647 bits per heavy atom. The van der Waals surface area contributed by atoms with Gasteiger partial charge in [0.1, 0.15) is 12.7 Å². The van der Waals surface area contributed by atoms with Gasteiger partial charge in [0.25, 0.3) is 0 Å². The minimum Gasteiger partial charge on any atom is -0.225 e. The van der Waals surface area contributed by atoms with Gasteiger partial charge in [0.2, 0.25) is 0 Å². The molecule has 0 spiro atoms. The molecule has 0 N–H and O–H groups in total. The Labute approximate surface area is 139 Å². The SMILES string of the molecule is Brc1c(Br)c(Br)c(-c2ncncn2)c(Br)c1Br. The third-order valence-electron chi connectivity index (χ3n) is 1.93. The van der Waals surface area contributed by atoms with E-state index in [1.165, 1.54) is 12.7 Å². The first-order valence-corrected chi connectivity index (χ1v) is 8.14. The maximum Gasteiger partial charge on any atom is 0.165 e. The molecule has 0 aliphatic rings. The van der Waals surface area contributed by atoms with E-state index in [0.29, 0.717) is 5.82 Å². The molecule has 0 fully saturated rings. The highest BCUT2D eigenvalue weighted by molar-refractivity contribution is 9.15. The van der Waals surface area contributed by atoms with Crippen LogP contribution in [0.1, 0.15) is 0 Å². The largest absolute Gasteiger partial charge is 0.225 e. The fourth-order valence-corrected chi connectivity index (χ4v) is 4.57. The van der Waals surface area contributed by atoms with Crippen molar-refractivity contribution in [3.63, 3.8) is 0 Å². The van der Waals surface area contributed by atoms with Crippen molar-refractivity contribution in [1.29, 1.82) is 0 Å². The van der Waals surface area contributed by atoms with Gasteiger partial charge in [-0.2, -0.15) is 0 Å². The Kier molecular flexibility index (Phi) is 4.73. The number of halogens is 5. The van der Waals surface area contributed by atoms with Gasteiger partial charge in [0, 0.05) is 22.4 Å². The molecule has 0 saturated carbocycles. The third kappa shape index (κ3) is 2.65. The smallest absolute Gasteiger partial charge is 0.165 e. The predicted octanol–water partition coefficient (Wildman–Crippen LogP) is 5.35. The molecule has 17 heavy (non-hydrogen) atoms. The van der Waals surface area contributed by atoms with Crippen molar-refractivity contribution in [2.75, 3.05) is 0 Å². The summed E-state index contributed by atoms with van der Waals surface area (Å²) in [5, 5.41) is 0. The summed E-state index contributed by atoms with van der Waals surface area (Å²) in [4.78, 5) is 12.1. The molecule has 88 valence electrons. The average molecular weight is 552 g/mol. The zero-order valence-electron chi connectivity index (χ0n) is 7.89. The second-order valence-corrected chi connectivity index (χ2v) is 6.87. The van der Waals surface area contributed by atoms with Crippen LogP contribution in [0.3, 0.4) is 0 Å². The third-order valence-corrected chi connectivity index (χ3v) is 8.02.